The first-order valence-electron chi connectivity index (χ1n) is 11.1. The average Bonchev–Trinajstić information content (AvgIpc) is 3.21. The Morgan fingerprint density at radius 1 is 1.09 bits per heavy atom. The Hall–Kier alpha value is -4.34. The molecule has 10 heteroatoms. The first-order valence-corrected chi connectivity index (χ1v) is 11.1. The van der Waals surface area contributed by atoms with Crippen LogP contribution in [0.1, 0.15) is 34.0 Å². The largest absolute Gasteiger partial charge is 0.493 e. The lowest BCUT2D eigenvalue weighted by molar-refractivity contribution is 0.102. The van der Waals surface area contributed by atoms with Crippen LogP contribution in [0.15, 0.2) is 53.9 Å². The first kappa shape index (κ1) is 23.8. The summed E-state index contributed by atoms with van der Waals surface area (Å²) in [6, 6.07) is 10.4. The molecule has 182 valence electrons. The van der Waals surface area contributed by atoms with Crippen molar-refractivity contribution in [2.24, 2.45) is 12.1 Å². The van der Waals surface area contributed by atoms with E-state index in [1.807, 2.05) is 31.2 Å². The van der Waals surface area contributed by atoms with Crippen molar-refractivity contribution >= 4 is 23.3 Å². The Morgan fingerprint density at radius 2 is 1.77 bits per heavy atom. The lowest BCUT2D eigenvalue weighted by atomic mass is 9.93. The van der Waals surface area contributed by atoms with Gasteiger partial charge >= 0.3 is 6.03 Å². The van der Waals surface area contributed by atoms with Crippen LogP contribution in [0.4, 0.5) is 10.5 Å². The van der Waals surface area contributed by atoms with Crippen molar-refractivity contribution in [2.45, 2.75) is 19.4 Å². The molecule has 1 aromatic heterocycles. The predicted octanol–water partition coefficient (Wildman–Crippen LogP) is 3.03. The van der Waals surface area contributed by atoms with E-state index in [9.17, 15) is 9.59 Å². The molecule has 3 aromatic rings. The minimum absolute atomic E-state index is 0.200. The lowest BCUT2D eigenvalue weighted by Crippen LogP contribution is -2.41. The molecule has 1 unspecified atom stereocenters. The van der Waals surface area contributed by atoms with Gasteiger partial charge in [0.1, 0.15) is 0 Å². The van der Waals surface area contributed by atoms with Gasteiger partial charge < -0.3 is 20.1 Å². The Bertz CT molecular complexity index is 1280. The van der Waals surface area contributed by atoms with Crippen LogP contribution in [0, 0.1) is 0 Å². The number of methoxy groups -OCH3 is 2. The number of hydrogen-bond donors (Lipinski definition) is 2. The van der Waals surface area contributed by atoms with Crippen molar-refractivity contribution in [1.82, 2.24) is 20.1 Å². The zero-order valence-electron chi connectivity index (χ0n) is 20.3. The number of nitrogens with one attached hydrogen (secondary N) is 2. The summed E-state index contributed by atoms with van der Waals surface area (Å²) >= 11 is 0. The Labute approximate surface area is 203 Å². The summed E-state index contributed by atoms with van der Waals surface area (Å²) in [4.78, 5) is 25.3. The van der Waals surface area contributed by atoms with Crippen LogP contribution in [-0.2, 0) is 13.5 Å². The fourth-order valence-electron chi connectivity index (χ4n) is 4.02. The molecular weight excluding hydrogens is 448 g/mol. The summed E-state index contributed by atoms with van der Waals surface area (Å²) < 4.78 is 12.6. The number of carbonyl (C=O) groups is 2. The van der Waals surface area contributed by atoms with Gasteiger partial charge in [0.25, 0.3) is 5.91 Å². The smallest absolute Gasteiger partial charge is 0.337 e. The van der Waals surface area contributed by atoms with Crippen LogP contribution >= 0.6 is 0 Å². The summed E-state index contributed by atoms with van der Waals surface area (Å²) in [5.74, 6) is 0.917. The van der Waals surface area contributed by atoms with Gasteiger partial charge in [-0.05, 0) is 43.2 Å². The molecule has 0 saturated carbocycles. The van der Waals surface area contributed by atoms with Crippen molar-refractivity contribution in [1.29, 1.82) is 0 Å². The minimum Gasteiger partial charge on any atom is -0.493 e. The number of ether oxygens (including phenoxy) is 2. The highest BCUT2D eigenvalue weighted by molar-refractivity contribution is 6.15. The van der Waals surface area contributed by atoms with Gasteiger partial charge in [-0.1, -0.05) is 12.1 Å². The molecule has 2 N–H and O–H groups in total. The molecule has 2 heterocycles. The molecule has 1 aliphatic rings. The van der Waals surface area contributed by atoms with Crippen LogP contribution in [0.2, 0.25) is 0 Å². The molecule has 3 amide bonds. The van der Waals surface area contributed by atoms with Gasteiger partial charge in [0.15, 0.2) is 11.5 Å². The van der Waals surface area contributed by atoms with Crippen LogP contribution in [0.25, 0.3) is 0 Å². The van der Waals surface area contributed by atoms with Gasteiger partial charge in [0, 0.05) is 37.0 Å². The number of rotatable bonds is 5. The summed E-state index contributed by atoms with van der Waals surface area (Å²) in [7, 11) is 6.52. The van der Waals surface area contributed by atoms with Crippen LogP contribution in [0.5, 0.6) is 11.5 Å². The second-order valence-corrected chi connectivity index (χ2v) is 8.20. The molecule has 10 nitrogen and oxygen atoms in total. The number of hydrazone groups is 1. The quantitative estimate of drug-likeness (QED) is 0.588. The van der Waals surface area contributed by atoms with E-state index >= 15 is 0 Å². The average molecular weight is 477 g/mol. The monoisotopic (exact) mass is 476 g/mol. The van der Waals surface area contributed by atoms with E-state index in [0.29, 0.717) is 34.9 Å². The van der Waals surface area contributed by atoms with Crippen LogP contribution in [-0.4, -0.2) is 59.7 Å². The van der Waals surface area contributed by atoms with Crippen molar-refractivity contribution in [3.8, 4) is 11.5 Å². The molecule has 2 aromatic carbocycles. The molecule has 1 aliphatic heterocycles. The number of fused-ring (bicyclic) bond motifs is 1. The highest BCUT2D eigenvalue weighted by Gasteiger charge is 2.28. The van der Waals surface area contributed by atoms with Gasteiger partial charge in [-0.3, -0.25) is 9.48 Å². The maximum Gasteiger partial charge on any atom is 0.337 e. The van der Waals surface area contributed by atoms with Crippen molar-refractivity contribution < 1.29 is 19.1 Å². The molecule has 1 atom stereocenters. The third-order valence-corrected chi connectivity index (χ3v) is 5.81. The molecule has 0 aliphatic carbocycles. The number of nitrogens with zero attached hydrogens (tertiary/aromatic N) is 4. The van der Waals surface area contributed by atoms with Gasteiger partial charge in [0.2, 0.25) is 0 Å². The number of urea groups is 1. The topological polar surface area (TPSA) is 110 Å². The Kier molecular flexibility index (Phi) is 6.72. The van der Waals surface area contributed by atoms with Crippen LogP contribution < -0.4 is 20.1 Å². The SMILES string of the molecule is CNC(=O)N1N=C(c2ccc(C(=O)Nc3cnn(C)c3)cc2)c2cc(OC)c(OC)cc2CC1C. The summed E-state index contributed by atoms with van der Waals surface area (Å²) in [5.41, 5.74) is 4.23. The van der Waals surface area contributed by atoms with E-state index in [2.05, 4.69) is 15.7 Å². The third-order valence-electron chi connectivity index (χ3n) is 5.81. The normalized spacial score (nSPS) is 14.9. The highest BCUT2D eigenvalue weighted by Crippen LogP contribution is 2.34. The second kappa shape index (κ2) is 9.88. The number of carbonyl (C=O) groups excluding carboxylic acids is 2. The summed E-state index contributed by atoms with van der Waals surface area (Å²) in [5, 5.41) is 15.7. The highest BCUT2D eigenvalue weighted by atomic mass is 16.5. The van der Waals surface area contributed by atoms with Crippen molar-refractivity contribution in [2.75, 3.05) is 26.6 Å². The van der Waals surface area contributed by atoms with Gasteiger partial charge in [0.05, 0.1) is 37.9 Å². The molecule has 35 heavy (non-hydrogen) atoms. The minimum atomic E-state index is -0.311. The number of hydrogen-bond acceptors (Lipinski definition) is 6. The van der Waals surface area contributed by atoms with E-state index in [-0.39, 0.29) is 18.0 Å². The van der Waals surface area contributed by atoms with Crippen molar-refractivity contribution in [3.05, 3.63) is 71.0 Å². The zero-order valence-corrected chi connectivity index (χ0v) is 20.3. The fraction of sp³-hybridized carbons (Fsp3) is 0.280. The summed E-state index contributed by atoms with van der Waals surface area (Å²) in [6.07, 6.45) is 3.88. The molecular formula is C25H28N6O4. The van der Waals surface area contributed by atoms with E-state index in [1.165, 1.54) is 5.01 Å². The Balaban J connectivity index is 1.75. The maximum atomic E-state index is 12.7. The zero-order chi connectivity index (χ0) is 25.1. The van der Waals surface area contributed by atoms with E-state index < -0.39 is 0 Å². The molecule has 0 radical (unpaired) electrons. The maximum absolute atomic E-state index is 12.7. The molecule has 0 spiro atoms. The van der Waals surface area contributed by atoms with Crippen LogP contribution in [0.3, 0.4) is 0 Å². The summed E-state index contributed by atoms with van der Waals surface area (Å²) in [6.45, 7) is 1.94. The van der Waals surface area contributed by atoms with E-state index in [4.69, 9.17) is 14.6 Å². The number of amides is 3. The number of aromatic nitrogens is 2. The van der Waals surface area contributed by atoms with E-state index in [1.54, 1.807) is 57.5 Å². The van der Waals surface area contributed by atoms with Crippen molar-refractivity contribution in [3.63, 3.8) is 0 Å². The fourth-order valence-corrected chi connectivity index (χ4v) is 4.02. The second-order valence-electron chi connectivity index (χ2n) is 8.20. The molecule has 0 bridgehead atoms. The standard InChI is InChI=1S/C25H28N6O4/c1-15-10-18-11-21(34-4)22(35-5)12-20(18)23(29-31(15)25(33)26-2)16-6-8-17(9-7-16)24(32)28-19-13-27-30(3)14-19/h6-9,11-15H,10H2,1-5H3,(H,26,33)(H,28,32). The Morgan fingerprint density at radius 3 is 2.37 bits per heavy atom. The molecule has 0 saturated heterocycles. The van der Waals surface area contributed by atoms with E-state index in [0.717, 1.165) is 16.7 Å². The lowest BCUT2D eigenvalue weighted by Gasteiger charge is -2.22. The van der Waals surface area contributed by atoms with Gasteiger partial charge in [-0.25, -0.2) is 9.80 Å². The molecule has 0 fully saturated rings. The predicted molar refractivity (Wildman–Crippen MR) is 132 cm³/mol. The third kappa shape index (κ3) is 4.81. The molecule has 4 rings (SSSR count). The first-order chi connectivity index (χ1) is 16.8. The number of anilines is 1. The number of aryl methyl sites for hydroxylation is 1. The van der Waals surface area contributed by atoms with Gasteiger partial charge in [-0.15, -0.1) is 0 Å². The number of benzene rings is 2. The van der Waals surface area contributed by atoms with Gasteiger partial charge in [-0.2, -0.15) is 10.2 Å².